The second-order valence-electron chi connectivity index (χ2n) is 9.88. The van der Waals surface area contributed by atoms with Gasteiger partial charge in [0.15, 0.2) is 5.82 Å². The largest absolute Gasteiger partial charge is 0.495 e. The lowest BCUT2D eigenvalue weighted by atomic mass is 9.75. The predicted octanol–water partition coefficient (Wildman–Crippen LogP) is 3.22. The lowest BCUT2D eigenvalue weighted by Crippen LogP contribution is -2.41. The van der Waals surface area contributed by atoms with Gasteiger partial charge in [-0.2, -0.15) is 4.98 Å². The lowest BCUT2D eigenvalue weighted by Gasteiger charge is -2.32. The number of hydrogen-bond donors (Lipinski definition) is 1. The lowest BCUT2D eigenvalue weighted by molar-refractivity contribution is 0.00578. The minimum Gasteiger partial charge on any atom is -0.399 e. The summed E-state index contributed by atoms with van der Waals surface area (Å²) >= 11 is 0. The molecule has 0 radical (unpaired) electrons. The fraction of sp³-hybridized carbons (Fsp3) is 0.591. The zero-order chi connectivity index (χ0) is 21.9. The number of nitrogens with one attached hydrogen (secondary N) is 1. The summed E-state index contributed by atoms with van der Waals surface area (Å²) in [6, 6.07) is 5.84. The molecular formula is C22H30BN3O4. The molecule has 1 aromatic heterocycles. The quantitative estimate of drug-likeness (QED) is 0.761. The number of carbonyl (C=O) groups excluding carboxylic acids is 1. The Hall–Kier alpha value is -2.19. The van der Waals surface area contributed by atoms with Crippen LogP contribution in [0.2, 0.25) is 0 Å². The van der Waals surface area contributed by atoms with Crippen LogP contribution in [-0.4, -0.2) is 34.4 Å². The number of carbonyl (C=O) groups is 1. The molecule has 0 spiro atoms. The Kier molecular flexibility index (Phi) is 4.86. The van der Waals surface area contributed by atoms with Crippen LogP contribution in [0.15, 0.2) is 22.7 Å². The van der Waals surface area contributed by atoms with Crippen molar-refractivity contribution >= 4 is 18.5 Å². The fourth-order valence-corrected chi connectivity index (χ4v) is 3.52. The molecule has 7 nitrogen and oxygen atoms in total. The summed E-state index contributed by atoms with van der Waals surface area (Å²) < 4.78 is 17.5. The van der Waals surface area contributed by atoms with Crippen LogP contribution in [0.3, 0.4) is 0 Å². The fourth-order valence-electron chi connectivity index (χ4n) is 3.52. The van der Waals surface area contributed by atoms with E-state index in [9.17, 15) is 4.79 Å². The summed E-state index contributed by atoms with van der Waals surface area (Å²) in [6.07, 6.45) is 2.05. The second-order valence-corrected chi connectivity index (χ2v) is 9.88. The normalized spacial score (nSPS) is 22.0. The van der Waals surface area contributed by atoms with Crippen LogP contribution in [0.4, 0.5) is 0 Å². The molecule has 1 aliphatic carbocycles. The molecule has 0 bridgehead atoms. The van der Waals surface area contributed by atoms with Crippen molar-refractivity contribution in [2.45, 2.75) is 84.0 Å². The number of aryl methyl sites for hydroxylation is 1. The van der Waals surface area contributed by atoms with Crippen LogP contribution >= 0.6 is 0 Å². The monoisotopic (exact) mass is 411 g/mol. The topological polar surface area (TPSA) is 86.5 Å². The Morgan fingerprint density at radius 1 is 1.13 bits per heavy atom. The number of amides is 1. The summed E-state index contributed by atoms with van der Waals surface area (Å²) in [5, 5.41) is 6.91. The molecule has 2 heterocycles. The van der Waals surface area contributed by atoms with E-state index < -0.39 is 7.12 Å². The van der Waals surface area contributed by atoms with E-state index in [0.717, 1.165) is 29.4 Å². The van der Waals surface area contributed by atoms with Crippen LogP contribution in [0, 0.1) is 6.92 Å². The highest BCUT2D eigenvalue weighted by Gasteiger charge is 2.52. The maximum Gasteiger partial charge on any atom is 0.495 e. The number of aromatic nitrogens is 2. The van der Waals surface area contributed by atoms with E-state index in [1.54, 1.807) is 0 Å². The average Bonchev–Trinajstić information content (AvgIpc) is 3.12. The molecule has 1 aromatic carbocycles. The molecule has 8 heteroatoms. The highest BCUT2D eigenvalue weighted by molar-refractivity contribution is 6.62. The molecule has 1 saturated heterocycles. The minimum atomic E-state index is -0.408. The second kappa shape index (κ2) is 6.92. The third-order valence-corrected chi connectivity index (χ3v) is 6.81. The molecule has 2 aromatic rings. The first-order chi connectivity index (χ1) is 13.9. The van der Waals surface area contributed by atoms with Crippen molar-refractivity contribution in [1.29, 1.82) is 0 Å². The highest BCUT2D eigenvalue weighted by atomic mass is 16.7. The van der Waals surface area contributed by atoms with E-state index in [0.29, 0.717) is 5.82 Å². The van der Waals surface area contributed by atoms with Gasteiger partial charge in [0.25, 0.3) is 0 Å². The van der Waals surface area contributed by atoms with Gasteiger partial charge in [0, 0.05) is 5.41 Å². The molecule has 4 rings (SSSR count). The van der Waals surface area contributed by atoms with E-state index in [4.69, 9.17) is 13.8 Å². The van der Waals surface area contributed by atoms with Crippen molar-refractivity contribution in [3.05, 3.63) is 41.0 Å². The van der Waals surface area contributed by atoms with Gasteiger partial charge in [-0.25, -0.2) is 0 Å². The van der Waals surface area contributed by atoms with Gasteiger partial charge in [-0.15, -0.1) is 0 Å². The summed E-state index contributed by atoms with van der Waals surface area (Å²) in [7, 11) is -0.408. The smallest absolute Gasteiger partial charge is 0.399 e. The molecule has 30 heavy (non-hydrogen) atoms. The first-order valence-corrected chi connectivity index (χ1v) is 10.5. The van der Waals surface area contributed by atoms with Crippen LogP contribution in [0.5, 0.6) is 0 Å². The maximum atomic E-state index is 12.5. The van der Waals surface area contributed by atoms with Crippen LogP contribution in [0.25, 0.3) is 0 Å². The SMILES string of the molecule is Cc1cc([C@@H](C)NC(=O)c2nc(C3(C)CC3)no2)ccc1B1OC(C)(C)C(C)(C)O1. The van der Waals surface area contributed by atoms with Gasteiger partial charge in [-0.1, -0.05) is 35.8 Å². The van der Waals surface area contributed by atoms with Crippen molar-refractivity contribution in [3.8, 4) is 0 Å². The summed E-state index contributed by atoms with van der Waals surface area (Å²) in [5.74, 6) is 0.261. The molecule has 2 aliphatic rings. The van der Waals surface area contributed by atoms with Gasteiger partial charge in [0.1, 0.15) is 0 Å². The molecule has 160 valence electrons. The molecule has 0 unspecified atom stereocenters. The Morgan fingerprint density at radius 3 is 2.33 bits per heavy atom. The highest BCUT2D eigenvalue weighted by Crippen LogP contribution is 2.46. The Labute approximate surface area is 178 Å². The van der Waals surface area contributed by atoms with Gasteiger partial charge in [0.2, 0.25) is 0 Å². The summed E-state index contributed by atoms with van der Waals surface area (Å²) in [4.78, 5) is 16.8. The number of hydrogen-bond acceptors (Lipinski definition) is 6. The van der Waals surface area contributed by atoms with E-state index in [-0.39, 0.29) is 34.5 Å². The Balaban J connectivity index is 1.45. The molecule has 1 atom stereocenters. The molecule has 1 amide bonds. The van der Waals surface area contributed by atoms with Crippen molar-refractivity contribution in [1.82, 2.24) is 15.5 Å². The Bertz CT molecular complexity index is 965. The van der Waals surface area contributed by atoms with Crippen LogP contribution in [-0.2, 0) is 14.7 Å². The molecular weight excluding hydrogens is 381 g/mol. The first kappa shape index (κ1) is 21.1. The maximum absolute atomic E-state index is 12.5. The van der Waals surface area contributed by atoms with E-state index in [1.807, 2.05) is 53.7 Å². The molecule has 2 fully saturated rings. The van der Waals surface area contributed by atoms with Crippen molar-refractivity contribution < 1.29 is 18.6 Å². The van der Waals surface area contributed by atoms with Gasteiger partial charge in [-0.05, 0) is 65.4 Å². The number of nitrogens with zero attached hydrogens (tertiary/aromatic N) is 2. The molecule has 1 aliphatic heterocycles. The van der Waals surface area contributed by atoms with Gasteiger partial charge in [0.05, 0.1) is 17.2 Å². The third kappa shape index (κ3) is 3.67. The van der Waals surface area contributed by atoms with Gasteiger partial charge in [-0.3, -0.25) is 4.79 Å². The van der Waals surface area contributed by atoms with Gasteiger partial charge >= 0.3 is 18.9 Å². The zero-order valence-corrected chi connectivity index (χ0v) is 18.8. The van der Waals surface area contributed by atoms with E-state index in [2.05, 4.69) is 28.4 Å². The standard InChI is InChI=1S/C22H30BN3O4/c1-13-12-15(8-9-16(13)23-29-20(3,4)21(5,6)30-23)14(2)24-17(27)18-25-19(26-28-18)22(7)10-11-22/h8-9,12,14H,10-11H2,1-7H3,(H,24,27)/t14-/m1/s1. The Morgan fingerprint density at radius 2 is 1.77 bits per heavy atom. The summed E-state index contributed by atoms with van der Waals surface area (Å²) in [6.45, 7) is 14.2. The number of rotatable bonds is 5. The summed E-state index contributed by atoms with van der Waals surface area (Å²) in [5.41, 5.74) is 2.22. The van der Waals surface area contributed by atoms with E-state index >= 15 is 0 Å². The van der Waals surface area contributed by atoms with E-state index in [1.165, 1.54) is 0 Å². The zero-order valence-electron chi connectivity index (χ0n) is 18.8. The van der Waals surface area contributed by atoms with Crippen LogP contribution < -0.4 is 10.8 Å². The minimum absolute atomic E-state index is 0.00976. The average molecular weight is 411 g/mol. The third-order valence-electron chi connectivity index (χ3n) is 6.81. The van der Waals surface area contributed by atoms with Crippen molar-refractivity contribution in [2.24, 2.45) is 0 Å². The first-order valence-electron chi connectivity index (χ1n) is 10.5. The molecule has 1 N–H and O–H groups in total. The van der Waals surface area contributed by atoms with Crippen molar-refractivity contribution in [3.63, 3.8) is 0 Å². The molecule has 1 saturated carbocycles. The predicted molar refractivity (Wildman–Crippen MR) is 114 cm³/mol. The number of benzene rings is 1. The van der Waals surface area contributed by atoms with Gasteiger partial charge < -0.3 is 19.1 Å². The van der Waals surface area contributed by atoms with Crippen LogP contribution in [0.1, 0.15) is 88.1 Å². The van der Waals surface area contributed by atoms with Crippen molar-refractivity contribution in [2.75, 3.05) is 0 Å².